The van der Waals surface area contributed by atoms with E-state index in [1.165, 1.54) is 11.3 Å². The Morgan fingerprint density at radius 1 is 1.12 bits per heavy atom. The van der Waals surface area contributed by atoms with Crippen LogP contribution in [0.5, 0.6) is 0 Å². The maximum atomic E-state index is 13.2. The lowest BCUT2D eigenvalue weighted by molar-refractivity contribution is -0.119. The Labute approximate surface area is 191 Å². The molecule has 1 saturated heterocycles. The van der Waals surface area contributed by atoms with E-state index in [0.29, 0.717) is 42.5 Å². The Kier molecular flexibility index (Phi) is 5.46. The van der Waals surface area contributed by atoms with E-state index in [1.807, 2.05) is 49.1 Å². The summed E-state index contributed by atoms with van der Waals surface area (Å²) in [7, 11) is 0. The summed E-state index contributed by atoms with van der Waals surface area (Å²) in [5, 5.41) is 0. The topological polar surface area (TPSA) is 79.3 Å². The van der Waals surface area contributed by atoms with Crippen LogP contribution in [0.1, 0.15) is 63.3 Å². The van der Waals surface area contributed by atoms with Crippen molar-refractivity contribution in [2.75, 3.05) is 11.4 Å². The van der Waals surface area contributed by atoms with Gasteiger partial charge in [0.1, 0.15) is 10.7 Å². The third-order valence-corrected chi connectivity index (χ3v) is 7.21. The van der Waals surface area contributed by atoms with Gasteiger partial charge in [-0.15, -0.1) is 11.3 Å². The Hall–Kier alpha value is -3.13. The average molecular weight is 448 g/mol. The lowest BCUT2D eigenvalue weighted by Gasteiger charge is -2.31. The molecule has 1 fully saturated rings. The number of anilines is 1. The summed E-state index contributed by atoms with van der Waals surface area (Å²) in [4.78, 5) is 44.4. The van der Waals surface area contributed by atoms with Gasteiger partial charge in [0.2, 0.25) is 5.91 Å². The first-order valence-corrected chi connectivity index (χ1v) is 11.8. The van der Waals surface area contributed by atoms with Crippen LogP contribution in [-0.4, -0.2) is 38.2 Å². The number of aromatic nitrogens is 3. The third-order valence-electron chi connectivity index (χ3n) is 6.29. The summed E-state index contributed by atoms with van der Waals surface area (Å²) in [6.45, 7) is 5.00. The average Bonchev–Trinajstić information content (AvgIpc) is 3.45. The normalized spacial score (nSPS) is 18.2. The minimum atomic E-state index is -0.191. The van der Waals surface area contributed by atoms with E-state index in [4.69, 9.17) is 9.97 Å². The second kappa shape index (κ2) is 8.43. The van der Waals surface area contributed by atoms with E-state index in [-0.39, 0.29) is 17.9 Å². The summed E-state index contributed by atoms with van der Waals surface area (Å²) in [6, 6.07) is 9.77. The molecule has 2 aromatic heterocycles. The Bertz CT molecular complexity index is 1180. The number of likely N-dealkylation sites (tertiary alicyclic amines) is 1. The summed E-state index contributed by atoms with van der Waals surface area (Å²) < 4.78 is 0. The largest absolute Gasteiger partial charge is 0.328 e. The summed E-state index contributed by atoms with van der Waals surface area (Å²) in [6.07, 6.45) is 2.83. The molecule has 0 N–H and O–H groups in total. The van der Waals surface area contributed by atoms with Gasteiger partial charge in [0, 0.05) is 24.2 Å². The van der Waals surface area contributed by atoms with Crippen molar-refractivity contribution in [3.63, 3.8) is 0 Å². The quantitative estimate of drug-likeness (QED) is 0.604. The van der Waals surface area contributed by atoms with E-state index in [2.05, 4.69) is 4.98 Å². The van der Waals surface area contributed by atoms with Gasteiger partial charge in [0.25, 0.3) is 5.91 Å². The molecule has 7 nitrogen and oxygen atoms in total. The van der Waals surface area contributed by atoms with Crippen molar-refractivity contribution in [2.45, 2.75) is 52.1 Å². The molecule has 1 aromatic carbocycles. The highest BCUT2D eigenvalue weighted by molar-refractivity contribution is 7.11. The highest BCUT2D eigenvalue weighted by Crippen LogP contribution is 2.36. The van der Waals surface area contributed by atoms with Gasteiger partial charge in [-0.2, -0.15) is 0 Å². The smallest absolute Gasteiger partial charge is 0.266 e. The Balaban J connectivity index is 1.51. The van der Waals surface area contributed by atoms with Crippen LogP contribution in [0.3, 0.4) is 0 Å². The van der Waals surface area contributed by atoms with Crippen LogP contribution >= 0.6 is 11.3 Å². The van der Waals surface area contributed by atoms with Crippen LogP contribution in [-0.2, 0) is 17.8 Å². The number of thiazole rings is 1. The Morgan fingerprint density at radius 2 is 1.94 bits per heavy atom. The molecule has 2 amide bonds. The summed E-state index contributed by atoms with van der Waals surface area (Å²) in [5.41, 5.74) is 5.44. The molecule has 1 atom stereocenters. The van der Waals surface area contributed by atoms with Crippen molar-refractivity contribution in [1.29, 1.82) is 0 Å². The van der Waals surface area contributed by atoms with E-state index in [1.54, 1.807) is 10.4 Å². The van der Waals surface area contributed by atoms with E-state index in [9.17, 15) is 9.59 Å². The molecule has 0 bridgehead atoms. The maximum Gasteiger partial charge on any atom is 0.266 e. The first-order chi connectivity index (χ1) is 15.5. The molecule has 0 aliphatic carbocycles. The van der Waals surface area contributed by atoms with Crippen LogP contribution in [0.25, 0.3) is 0 Å². The van der Waals surface area contributed by atoms with Crippen LogP contribution in [0.4, 0.5) is 5.82 Å². The molecular weight excluding hydrogens is 422 g/mol. The zero-order chi connectivity index (χ0) is 22.2. The molecule has 0 spiro atoms. The second-order valence-corrected chi connectivity index (χ2v) is 9.21. The molecule has 3 aromatic rings. The molecule has 0 radical (unpaired) electrons. The number of amides is 2. The van der Waals surface area contributed by atoms with Gasteiger partial charge < -0.3 is 4.90 Å². The van der Waals surface area contributed by atoms with E-state index < -0.39 is 0 Å². The minimum absolute atomic E-state index is 0.0105. The van der Waals surface area contributed by atoms with E-state index >= 15 is 0 Å². The maximum absolute atomic E-state index is 13.2. The van der Waals surface area contributed by atoms with Gasteiger partial charge in [-0.3, -0.25) is 14.5 Å². The fraction of sp³-hybridized carbons (Fsp3) is 0.375. The standard InChI is InChI=1S/C24H25N5O2S/c1-15-18-10-11-20(30)29(13-17-7-4-3-5-8-17)23(18)27-22(26-15)19-9-6-12-28(19)24(31)21-16(2)25-14-32-21/h3-5,7-8,14,19H,6,9-13H2,1-2H3/t19-/m0/s1. The molecule has 4 heterocycles. The number of hydrogen-bond acceptors (Lipinski definition) is 6. The van der Waals surface area contributed by atoms with Gasteiger partial charge >= 0.3 is 0 Å². The van der Waals surface area contributed by atoms with Gasteiger partial charge in [-0.25, -0.2) is 15.0 Å². The number of nitrogens with zero attached hydrogens (tertiary/aromatic N) is 5. The van der Waals surface area contributed by atoms with Gasteiger partial charge in [0.05, 0.1) is 23.8 Å². The fourth-order valence-corrected chi connectivity index (χ4v) is 5.35. The molecule has 2 aliphatic heterocycles. The SMILES string of the molecule is Cc1ncsc1C(=O)N1CCC[C@H]1c1nc(C)c2c(n1)N(Cc1ccccc1)C(=O)CC2. The van der Waals surface area contributed by atoms with Crippen molar-refractivity contribution in [3.05, 3.63) is 69.1 Å². The molecule has 164 valence electrons. The number of aryl methyl sites for hydroxylation is 2. The monoisotopic (exact) mass is 447 g/mol. The first kappa shape index (κ1) is 20.8. The number of carbonyl (C=O) groups excluding carboxylic acids is 2. The number of rotatable bonds is 4. The van der Waals surface area contributed by atoms with Crippen LogP contribution < -0.4 is 4.90 Å². The predicted molar refractivity (Wildman–Crippen MR) is 123 cm³/mol. The molecule has 2 aliphatic rings. The van der Waals surface area contributed by atoms with Crippen LogP contribution in [0.15, 0.2) is 35.8 Å². The van der Waals surface area contributed by atoms with Crippen LogP contribution in [0, 0.1) is 13.8 Å². The summed E-state index contributed by atoms with van der Waals surface area (Å²) in [5.74, 6) is 1.39. The zero-order valence-corrected chi connectivity index (χ0v) is 19.1. The van der Waals surface area contributed by atoms with Crippen molar-refractivity contribution in [2.24, 2.45) is 0 Å². The molecule has 8 heteroatoms. The van der Waals surface area contributed by atoms with Gasteiger partial charge in [0.15, 0.2) is 5.82 Å². The van der Waals surface area contributed by atoms with Crippen molar-refractivity contribution in [1.82, 2.24) is 19.9 Å². The fourth-order valence-electron chi connectivity index (χ4n) is 4.60. The lowest BCUT2D eigenvalue weighted by atomic mass is 10.0. The number of fused-ring (bicyclic) bond motifs is 1. The second-order valence-electron chi connectivity index (χ2n) is 8.36. The minimum Gasteiger partial charge on any atom is -0.328 e. The number of benzene rings is 1. The molecule has 5 rings (SSSR count). The highest BCUT2D eigenvalue weighted by atomic mass is 32.1. The van der Waals surface area contributed by atoms with Crippen molar-refractivity contribution >= 4 is 29.0 Å². The highest BCUT2D eigenvalue weighted by Gasteiger charge is 2.36. The Morgan fingerprint density at radius 3 is 2.69 bits per heavy atom. The predicted octanol–water partition coefficient (Wildman–Crippen LogP) is 4.01. The molecule has 0 saturated carbocycles. The van der Waals surface area contributed by atoms with Crippen LogP contribution in [0.2, 0.25) is 0 Å². The van der Waals surface area contributed by atoms with Gasteiger partial charge in [-0.1, -0.05) is 30.3 Å². The van der Waals surface area contributed by atoms with E-state index in [0.717, 1.165) is 35.4 Å². The van der Waals surface area contributed by atoms with Gasteiger partial charge in [-0.05, 0) is 38.7 Å². The number of hydrogen-bond donors (Lipinski definition) is 0. The number of carbonyl (C=O) groups is 2. The molecule has 32 heavy (non-hydrogen) atoms. The van der Waals surface area contributed by atoms with Crippen molar-refractivity contribution in [3.8, 4) is 0 Å². The molecule has 0 unspecified atom stereocenters. The van der Waals surface area contributed by atoms with Crippen molar-refractivity contribution < 1.29 is 9.59 Å². The zero-order valence-electron chi connectivity index (χ0n) is 18.2. The third kappa shape index (κ3) is 3.68. The summed E-state index contributed by atoms with van der Waals surface area (Å²) >= 11 is 1.37. The first-order valence-electron chi connectivity index (χ1n) is 11.0. The molecular formula is C24H25N5O2S. The lowest BCUT2D eigenvalue weighted by Crippen LogP contribution is -2.37.